The zero-order chi connectivity index (χ0) is 38.2. The molecule has 0 aliphatic carbocycles. The molecule has 0 aromatic rings. The number of hydrogen-bond donors (Lipinski definition) is 1. The van der Waals surface area contributed by atoms with E-state index in [1.807, 2.05) is 19.0 Å². The molecule has 8 nitrogen and oxygen atoms in total. The van der Waals surface area contributed by atoms with Crippen molar-refractivity contribution in [3.05, 3.63) is 24.3 Å². The van der Waals surface area contributed by atoms with Crippen molar-refractivity contribution in [2.24, 2.45) is 0 Å². The molecule has 0 radical (unpaired) electrons. The van der Waals surface area contributed by atoms with Gasteiger partial charge in [-0.1, -0.05) is 141 Å². The lowest BCUT2D eigenvalue weighted by Gasteiger charge is -2.19. The molecule has 0 aromatic heterocycles. The molecule has 8 heteroatoms. The molecule has 0 fully saturated rings. The van der Waals surface area contributed by atoms with Crippen LogP contribution in [0.4, 0.5) is 4.79 Å². The Morgan fingerprint density at radius 1 is 0.519 bits per heavy atom. The second kappa shape index (κ2) is 39.8. The largest absolute Gasteiger partial charge is 0.462 e. The summed E-state index contributed by atoms with van der Waals surface area (Å²) in [6, 6.07) is 0. The summed E-state index contributed by atoms with van der Waals surface area (Å²) in [5.41, 5.74) is 0. The maximum Gasteiger partial charge on any atom is 0.407 e. The third kappa shape index (κ3) is 38.9. The summed E-state index contributed by atoms with van der Waals surface area (Å²) in [7, 11) is 3.84. The third-order valence-electron chi connectivity index (χ3n) is 9.25. The minimum Gasteiger partial charge on any atom is -0.462 e. The third-order valence-corrected chi connectivity index (χ3v) is 9.25. The number of rotatable bonds is 38. The number of esters is 2. The van der Waals surface area contributed by atoms with Crippen LogP contribution < -0.4 is 5.32 Å². The molecule has 52 heavy (non-hydrogen) atoms. The van der Waals surface area contributed by atoms with Crippen LogP contribution in [-0.4, -0.2) is 69.4 Å². The van der Waals surface area contributed by atoms with Crippen LogP contribution in [0.1, 0.15) is 194 Å². The van der Waals surface area contributed by atoms with Crippen LogP contribution in [0.2, 0.25) is 0 Å². The van der Waals surface area contributed by atoms with Gasteiger partial charge in [-0.05, 0) is 78.3 Å². The maximum atomic E-state index is 12.4. The highest BCUT2D eigenvalue weighted by Crippen LogP contribution is 2.12. The van der Waals surface area contributed by atoms with Crippen molar-refractivity contribution in [3.8, 4) is 0 Å². The van der Waals surface area contributed by atoms with E-state index in [0.717, 1.165) is 64.2 Å². The first-order valence-corrected chi connectivity index (χ1v) is 21.6. The molecule has 0 bridgehead atoms. The number of alkyl carbamates (subject to hydrolysis) is 1. The molecule has 1 amide bonds. The highest BCUT2D eigenvalue weighted by atomic mass is 16.6. The predicted octanol–water partition coefficient (Wildman–Crippen LogP) is 11.8. The molecule has 0 aliphatic rings. The van der Waals surface area contributed by atoms with Gasteiger partial charge in [0.05, 0.1) is 0 Å². The molecule has 0 heterocycles. The summed E-state index contributed by atoms with van der Waals surface area (Å²) < 4.78 is 16.3. The summed E-state index contributed by atoms with van der Waals surface area (Å²) in [5, 5.41) is 2.69. The zero-order valence-corrected chi connectivity index (χ0v) is 34.4. The molecule has 0 aliphatic heterocycles. The summed E-state index contributed by atoms with van der Waals surface area (Å²) in [4.78, 5) is 39.1. The SMILES string of the molecule is CCCCCCCCC=CCCCCCCCC(=O)OCC(COC(=O)CCCCCCCC=CCCCCCCCC)OC(=O)NCCN(C)C. The number of nitrogens with one attached hydrogen (secondary N) is 1. The van der Waals surface area contributed by atoms with Gasteiger partial charge in [-0.25, -0.2) is 4.79 Å². The molecule has 0 spiro atoms. The number of carbonyl (C=O) groups excluding carboxylic acids is 3. The molecule has 0 saturated carbocycles. The predicted molar refractivity (Wildman–Crippen MR) is 218 cm³/mol. The Morgan fingerprint density at radius 3 is 1.23 bits per heavy atom. The number of allylic oxidation sites excluding steroid dienone is 4. The second-order valence-corrected chi connectivity index (χ2v) is 14.8. The average Bonchev–Trinajstić information content (AvgIpc) is 3.12. The van der Waals surface area contributed by atoms with Crippen molar-refractivity contribution in [1.82, 2.24) is 10.2 Å². The summed E-state index contributed by atoms with van der Waals surface area (Å²) in [6.07, 6.45) is 39.7. The van der Waals surface area contributed by atoms with Gasteiger partial charge in [0.2, 0.25) is 0 Å². The minimum absolute atomic E-state index is 0.133. The molecule has 304 valence electrons. The van der Waals surface area contributed by atoms with E-state index in [-0.39, 0.29) is 25.2 Å². The van der Waals surface area contributed by atoms with E-state index >= 15 is 0 Å². The second-order valence-electron chi connectivity index (χ2n) is 14.8. The summed E-state index contributed by atoms with van der Waals surface area (Å²) in [6.45, 7) is 5.33. The fourth-order valence-electron chi connectivity index (χ4n) is 5.89. The summed E-state index contributed by atoms with van der Waals surface area (Å²) >= 11 is 0. The highest BCUT2D eigenvalue weighted by molar-refractivity contribution is 5.70. The van der Waals surface area contributed by atoms with E-state index in [1.54, 1.807) is 0 Å². The van der Waals surface area contributed by atoms with Gasteiger partial charge >= 0.3 is 18.0 Å². The fourth-order valence-corrected chi connectivity index (χ4v) is 5.89. The van der Waals surface area contributed by atoms with E-state index in [1.165, 1.54) is 103 Å². The van der Waals surface area contributed by atoms with Gasteiger partial charge in [0.25, 0.3) is 0 Å². The normalized spacial score (nSPS) is 12.2. The molecule has 0 unspecified atom stereocenters. The van der Waals surface area contributed by atoms with Gasteiger partial charge in [-0.15, -0.1) is 0 Å². The monoisotopic (exact) mass is 735 g/mol. The Morgan fingerprint density at radius 2 is 0.865 bits per heavy atom. The Hall–Kier alpha value is -2.35. The lowest BCUT2D eigenvalue weighted by molar-refractivity contribution is -0.152. The molecule has 0 aromatic carbocycles. The smallest absolute Gasteiger partial charge is 0.407 e. The number of hydrogen-bond acceptors (Lipinski definition) is 7. The molecular weight excluding hydrogens is 652 g/mol. The molecular formula is C44H82N2O6. The Labute approximate surface area is 320 Å². The van der Waals surface area contributed by atoms with Gasteiger partial charge < -0.3 is 24.4 Å². The van der Waals surface area contributed by atoms with Crippen LogP contribution in [0.5, 0.6) is 0 Å². The van der Waals surface area contributed by atoms with Crippen molar-refractivity contribution in [1.29, 1.82) is 0 Å². The minimum atomic E-state index is -0.851. The first kappa shape index (κ1) is 49.6. The number of ether oxygens (including phenoxy) is 3. The van der Waals surface area contributed by atoms with E-state index in [4.69, 9.17) is 14.2 Å². The number of likely N-dealkylation sites (N-methyl/N-ethyl adjacent to an activating group) is 1. The average molecular weight is 735 g/mol. The standard InChI is InChI=1S/C44H82N2O6/c1-5-7-9-11-13-15-17-19-21-23-25-27-29-31-33-35-42(47)50-39-41(52-44(49)45-37-38-46(3)4)40-51-43(48)36-34-32-30-28-26-24-22-20-18-16-14-12-10-8-6-2/h19-22,41H,5-18,23-40H2,1-4H3,(H,45,49). The number of amides is 1. The van der Waals surface area contributed by atoms with Crippen molar-refractivity contribution in [2.45, 2.75) is 200 Å². The van der Waals surface area contributed by atoms with Gasteiger partial charge in [0.1, 0.15) is 13.2 Å². The Bertz CT molecular complexity index is 819. The Balaban J connectivity index is 4.15. The van der Waals surface area contributed by atoms with Gasteiger partial charge in [0.15, 0.2) is 6.10 Å². The lowest BCUT2D eigenvalue weighted by Crippen LogP contribution is -2.37. The van der Waals surface area contributed by atoms with E-state index in [9.17, 15) is 14.4 Å². The molecule has 0 rings (SSSR count). The van der Waals surface area contributed by atoms with Gasteiger partial charge in [-0.2, -0.15) is 0 Å². The van der Waals surface area contributed by atoms with E-state index in [0.29, 0.717) is 25.9 Å². The quantitative estimate of drug-likeness (QED) is 0.0292. The molecule has 0 saturated heterocycles. The van der Waals surface area contributed by atoms with Crippen LogP contribution >= 0.6 is 0 Å². The van der Waals surface area contributed by atoms with E-state index in [2.05, 4.69) is 43.5 Å². The van der Waals surface area contributed by atoms with Gasteiger partial charge in [0, 0.05) is 25.9 Å². The molecule has 1 N–H and O–H groups in total. The van der Waals surface area contributed by atoms with Crippen molar-refractivity contribution < 1.29 is 28.6 Å². The van der Waals surface area contributed by atoms with Crippen molar-refractivity contribution in [3.63, 3.8) is 0 Å². The summed E-state index contributed by atoms with van der Waals surface area (Å²) in [5.74, 6) is -0.641. The van der Waals surface area contributed by atoms with Crippen LogP contribution in [0.3, 0.4) is 0 Å². The lowest BCUT2D eigenvalue weighted by atomic mass is 10.1. The van der Waals surface area contributed by atoms with Crippen LogP contribution in [0.15, 0.2) is 24.3 Å². The fraction of sp³-hybridized carbons (Fsp3) is 0.841. The first-order chi connectivity index (χ1) is 25.4. The van der Waals surface area contributed by atoms with Crippen LogP contribution in [0, 0.1) is 0 Å². The highest BCUT2D eigenvalue weighted by Gasteiger charge is 2.19. The van der Waals surface area contributed by atoms with Crippen LogP contribution in [-0.2, 0) is 23.8 Å². The van der Waals surface area contributed by atoms with Crippen molar-refractivity contribution in [2.75, 3.05) is 40.4 Å². The number of carbonyl (C=O) groups is 3. The first-order valence-electron chi connectivity index (χ1n) is 21.6. The van der Waals surface area contributed by atoms with E-state index < -0.39 is 12.2 Å². The zero-order valence-electron chi connectivity index (χ0n) is 34.4. The number of unbranched alkanes of at least 4 members (excludes halogenated alkanes) is 22. The van der Waals surface area contributed by atoms with Crippen LogP contribution in [0.25, 0.3) is 0 Å². The molecule has 0 atom stereocenters. The van der Waals surface area contributed by atoms with Crippen molar-refractivity contribution >= 4 is 18.0 Å². The maximum absolute atomic E-state index is 12.4. The van der Waals surface area contributed by atoms with Gasteiger partial charge in [-0.3, -0.25) is 9.59 Å². The Kier molecular flexibility index (Phi) is 38.0. The topological polar surface area (TPSA) is 94.2 Å². The number of nitrogens with zero attached hydrogens (tertiary/aromatic N) is 1.